The third-order valence-electron chi connectivity index (χ3n) is 11.2. The van der Waals surface area contributed by atoms with Gasteiger partial charge in [-0.2, -0.15) is 0 Å². The Bertz CT molecular complexity index is 1530. The van der Waals surface area contributed by atoms with Gasteiger partial charge in [-0.1, -0.05) is 42.5 Å². The lowest BCUT2D eigenvalue weighted by Crippen LogP contribution is -2.65. The Morgan fingerprint density at radius 3 is 2.71 bits per heavy atom. The van der Waals surface area contributed by atoms with Crippen LogP contribution in [0.25, 0.3) is 27.4 Å². The molecule has 5 heteroatoms. The number of aromatic amines is 1. The summed E-state index contributed by atoms with van der Waals surface area (Å²) in [5.41, 5.74) is 3.74. The molecule has 5 nitrogen and oxygen atoms in total. The van der Waals surface area contributed by atoms with E-state index in [1.165, 1.54) is 55.0 Å². The Labute approximate surface area is 244 Å². The molecular formula is C36H44N4O. The van der Waals surface area contributed by atoms with Crippen molar-refractivity contribution in [1.82, 2.24) is 19.8 Å². The zero-order valence-electron chi connectivity index (χ0n) is 24.3. The zero-order chi connectivity index (χ0) is 27.4. The second-order valence-electron chi connectivity index (χ2n) is 13.5. The predicted octanol–water partition coefficient (Wildman–Crippen LogP) is 6.86. The Morgan fingerprint density at radius 1 is 0.902 bits per heavy atom. The average molecular weight is 549 g/mol. The summed E-state index contributed by atoms with van der Waals surface area (Å²) < 4.78 is 0. The molecule has 41 heavy (non-hydrogen) atoms. The molecule has 3 bridgehead atoms. The smallest absolute Gasteiger partial charge is 0.0998 e. The van der Waals surface area contributed by atoms with Crippen molar-refractivity contribution in [3.05, 3.63) is 72.6 Å². The van der Waals surface area contributed by atoms with Gasteiger partial charge in [0.1, 0.15) is 0 Å². The van der Waals surface area contributed by atoms with Crippen LogP contribution in [0, 0.1) is 11.3 Å². The Hall–Kier alpha value is -2.73. The molecule has 5 aliphatic rings. The van der Waals surface area contributed by atoms with E-state index in [-0.39, 0.29) is 11.5 Å². The number of piperidine rings is 1. The number of pyridine rings is 1. The third kappa shape index (κ3) is 4.18. The molecule has 1 aromatic carbocycles. The molecule has 4 unspecified atom stereocenters. The summed E-state index contributed by atoms with van der Waals surface area (Å²) in [7, 11) is 0. The molecule has 6 atom stereocenters. The molecule has 2 N–H and O–H groups in total. The standard InChI is InChI=1S/C36H44N4O/c41-36-18-10-4-1-2-5-11-20-39-22-17-30(35(25-39)23-26-13-7-3-6-12-21-40(26)34(35)36)29(24-36)32-33-28(16-19-37-32)27-14-8-9-15-31(27)38-33/h1,4,7-9,13-16,19,24,26,30,34,38,41H,2-3,5-6,10-12,17-18,20-23,25H2/t26?,30?,34?,35-,36-/m0/s1. The number of benzene rings is 1. The fourth-order valence-electron chi connectivity index (χ4n) is 9.59. The number of allylic oxidation sites excluding steroid dienone is 4. The van der Waals surface area contributed by atoms with Gasteiger partial charge in [0.15, 0.2) is 0 Å². The highest BCUT2D eigenvalue weighted by Crippen LogP contribution is 2.61. The molecular weight excluding hydrogens is 504 g/mol. The number of aromatic nitrogens is 2. The van der Waals surface area contributed by atoms with Crippen LogP contribution in [0.15, 0.2) is 66.9 Å². The lowest BCUT2D eigenvalue weighted by atomic mass is 9.54. The Kier molecular flexibility index (Phi) is 6.46. The van der Waals surface area contributed by atoms with E-state index in [9.17, 15) is 5.11 Å². The van der Waals surface area contributed by atoms with Crippen molar-refractivity contribution in [2.24, 2.45) is 11.3 Å². The summed E-state index contributed by atoms with van der Waals surface area (Å²) in [6.07, 6.45) is 25.2. The van der Waals surface area contributed by atoms with Crippen LogP contribution in [-0.4, -0.2) is 68.7 Å². The molecule has 0 amide bonds. The first-order valence-electron chi connectivity index (χ1n) is 16.3. The Balaban J connectivity index is 1.35. The second kappa shape index (κ2) is 10.2. The van der Waals surface area contributed by atoms with Gasteiger partial charge >= 0.3 is 0 Å². The van der Waals surface area contributed by atoms with E-state index < -0.39 is 5.60 Å². The van der Waals surface area contributed by atoms with E-state index in [1.54, 1.807) is 0 Å². The number of aliphatic hydroxyl groups is 1. The molecule has 6 heterocycles. The molecule has 0 radical (unpaired) electrons. The van der Waals surface area contributed by atoms with Crippen LogP contribution in [0.3, 0.4) is 0 Å². The SMILES string of the molecule is O[C@]12C=C(c3nccc4c3[nH]c3ccccc34)C3CCN(CCCCC=CCC1)C[C@@]31CC3C=CCCCCN3C12. The third-order valence-corrected chi connectivity index (χ3v) is 11.2. The average Bonchev–Trinajstić information content (AvgIpc) is 3.49. The van der Waals surface area contributed by atoms with Crippen LogP contribution in [0.2, 0.25) is 0 Å². The maximum atomic E-state index is 13.1. The van der Waals surface area contributed by atoms with E-state index in [4.69, 9.17) is 4.98 Å². The molecule has 2 saturated heterocycles. The van der Waals surface area contributed by atoms with E-state index in [1.807, 2.05) is 6.20 Å². The minimum absolute atomic E-state index is 0.00403. The van der Waals surface area contributed by atoms with Gasteiger partial charge in [-0.05, 0) is 114 Å². The van der Waals surface area contributed by atoms with Crippen molar-refractivity contribution >= 4 is 27.4 Å². The highest BCUT2D eigenvalue weighted by atomic mass is 16.3. The van der Waals surface area contributed by atoms with Crippen molar-refractivity contribution in [3.8, 4) is 0 Å². The lowest BCUT2D eigenvalue weighted by molar-refractivity contribution is -0.0894. The van der Waals surface area contributed by atoms with Crippen molar-refractivity contribution in [1.29, 1.82) is 0 Å². The zero-order valence-corrected chi connectivity index (χ0v) is 24.3. The van der Waals surface area contributed by atoms with Gasteiger partial charge in [-0.3, -0.25) is 9.88 Å². The minimum Gasteiger partial charge on any atom is -0.384 e. The second-order valence-corrected chi connectivity index (χ2v) is 13.5. The summed E-state index contributed by atoms with van der Waals surface area (Å²) in [5.74, 6) is 0.385. The number of fused-ring (bicyclic) bond motifs is 5. The van der Waals surface area contributed by atoms with Gasteiger partial charge in [0, 0.05) is 40.5 Å². The fraction of sp³-hybridized carbons (Fsp3) is 0.528. The summed E-state index contributed by atoms with van der Waals surface area (Å²) >= 11 is 0. The maximum absolute atomic E-state index is 13.1. The van der Waals surface area contributed by atoms with Crippen LogP contribution in [0.5, 0.6) is 0 Å². The summed E-state index contributed by atoms with van der Waals surface area (Å²) in [6.45, 7) is 4.47. The van der Waals surface area contributed by atoms with Crippen molar-refractivity contribution in [3.63, 3.8) is 0 Å². The first-order valence-corrected chi connectivity index (χ1v) is 16.3. The number of nitrogens with one attached hydrogen (secondary N) is 1. The molecule has 0 saturated carbocycles. The van der Waals surface area contributed by atoms with Crippen LogP contribution >= 0.6 is 0 Å². The highest BCUT2D eigenvalue weighted by Gasteiger charge is 2.65. The lowest BCUT2D eigenvalue weighted by Gasteiger charge is -2.58. The van der Waals surface area contributed by atoms with Gasteiger partial charge in [0.05, 0.1) is 22.9 Å². The summed E-state index contributed by atoms with van der Waals surface area (Å²) in [6, 6.07) is 11.3. The largest absolute Gasteiger partial charge is 0.384 e. The molecule has 2 aromatic heterocycles. The van der Waals surface area contributed by atoms with Crippen LogP contribution in [-0.2, 0) is 0 Å². The fourth-order valence-corrected chi connectivity index (χ4v) is 9.59. The van der Waals surface area contributed by atoms with E-state index in [0.717, 1.165) is 68.5 Å². The predicted molar refractivity (Wildman–Crippen MR) is 168 cm³/mol. The topological polar surface area (TPSA) is 55.4 Å². The van der Waals surface area contributed by atoms with E-state index in [0.29, 0.717) is 12.0 Å². The Morgan fingerprint density at radius 2 is 1.76 bits per heavy atom. The normalized spacial score (nSPS) is 36.1. The molecule has 1 spiro atoms. The molecule has 2 fully saturated rings. The van der Waals surface area contributed by atoms with Crippen molar-refractivity contribution in [2.45, 2.75) is 81.9 Å². The van der Waals surface area contributed by atoms with Crippen LogP contribution in [0.1, 0.15) is 69.9 Å². The van der Waals surface area contributed by atoms with Gasteiger partial charge < -0.3 is 15.0 Å². The quantitative estimate of drug-likeness (QED) is 0.326. The first-order chi connectivity index (χ1) is 20.2. The van der Waals surface area contributed by atoms with E-state index >= 15 is 0 Å². The summed E-state index contributed by atoms with van der Waals surface area (Å²) in [5, 5.41) is 15.5. The first kappa shape index (κ1) is 25.9. The van der Waals surface area contributed by atoms with Crippen molar-refractivity contribution < 1.29 is 5.11 Å². The van der Waals surface area contributed by atoms with Gasteiger partial charge in [0.2, 0.25) is 0 Å². The molecule has 8 rings (SSSR count). The van der Waals surface area contributed by atoms with E-state index in [2.05, 4.69) is 75.5 Å². The van der Waals surface area contributed by atoms with Gasteiger partial charge in [-0.25, -0.2) is 0 Å². The number of hydrogen-bond donors (Lipinski definition) is 2. The molecule has 4 aliphatic heterocycles. The van der Waals surface area contributed by atoms with Crippen molar-refractivity contribution in [2.75, 3.05) is 26.2 Å². The monoisotopic (exact) mass is 548 g/mol. The summed E-state index contributed by atoms with van der Waals surface area (Å²) in [4.78, 5) is 14.4. The number of H-pyrrole nitrogens is 1. The molecule has 1 aliphatic carbocycles. The number of hydrogen-bond acceptors (Lipinski definition) is 4. The maximum Gasteiger partial charge on any atom is 0.0998 e. The number of rotatable bonds is 1. The van der Waals surface area contributed by atoms with Gasteiger partial charge in [-0.15, -0.1) is 0 Å². The van der Waals surface area contributed by atoms with Crippen LogP contribution in [0.4, 0.5) is 0 Å². The number of para-hydroxylation sites is 1. The molecule has 214 valence electrons. The highest BCUT2D eigenvalue weighted by molar-refractivity contribution is 6.09. The minimum atomic E-state index is -0.898. The molecule has 3 aromatic rings. The van der Waals surface area contributed by atoms with Crippen LogP contribution < -0.4 is 0 Å². The van der Waals surface area contributed by atoms with Gasteiger partial charge in [0.25, 0.3) is 0 Å². The number of nitrogens with zero attached hydrogens (tertiary/aromatic N) is 3.